The van der Waals surface area contributed by atoms with Crippen molar-refractivity contribution in [1.82, 2.24) is 9.55 Å². The van der Waals surface area contributed by atoms with E-state index in [0.29, 0.717) is 11.8 Å². The minimum atomic E-state index is -0.798. The van der Waals surface area contributed by atoms with Crippen molar-refractivity contribution in [3.05, 3.63) is 11.9 Å². The first-order chi connectivity index (χ1) is 8.91. The minimum absolute atomic E-state index is 0.0682. The number of rotatable bonds is 8. The predicted octanol–water partition coefficient (Wildman–Crippen LogP) is 3.62. The molecule has 0 aromatic carbocycles. The molecule has 0 amide bonds. The average Bonchev–Trinajstić information content (AvgIpc) is 2.69. The second kappa shape index (κ2) is 7.58. The Bertz CT molecular complexity index is 414. The van der Waals surface area contributed by atoms with Crippen LogP contribution in [0.25, 0.3) is 0 Å². The van der Waals surface area contributed by atoms with Gasteiger partial charge in [-0.2, -0.15) is 0 Å². The summed E-state index contributed by atoms with van der Waals surface area (Å²) in [6.07, 6.45) is 4.16. The largest absolute Gasteiger partial charge is 0.481 e. The lowest BCUT2D eigenvalue weighted by molar-refractivity contribution is -0.133. The third kappa shape index (κ3) is 5.27. The number of hydrogen-bond donors (Lipinski definition) is 1. The summed E-state index contributed by atoms with van der Waals surface area (Å²) < 4.78 is 2.18. The topological polar surface area (TPSA) is 55.1 Å². The molecular weight excluding hydrogens is 260 g/mol. The van der Waals surface area contributed by atoms with Gasteiger partial charge in [-0.3, -0.25) is 4.79 Å². The Hall–Kier alpha value is -0.970. The van der Waals surface area contributed by atoms with Gasteiger partial charge in [0.25, 0.3) is 0 Å². The molecule has 0 aliphatic rings. The lowest BCUT2D eigenvalue weighted by atomic mass is 10.1. The normalized spacial score (nSPS) is 11.5. The van der Waals surface area contributed by atoms with Gasteiger partial charge in [-0.25, -0.2) is 4.98 Å². The fourth-order valence-electron chi connectivity index (χ4n) is 1.96. The minimum Gasteiger partial charge on any atom is -0.481 e. The fourth-order valence-corrected chi connectivity index (χ4v) is 2.69. The first-order valence-corrected chi connectivity index (χ1v) is 7.80. The molecule has 0 aliphatic heterocycles. The zero-order valence-electron chi connectivity index (χ0n) is 12.2. The molecule has 0 saturated heterocycles. The summed E-state index contributed by atoms with van der Waals surface area (Å²) in [4.78, 5) is 15.0. The SMILES string of the molecule is CC(C)CCCn1c(C(C)C)cnc1SCC(=O)O. The smallest absolute Gasteiger partial charge is 0.313 e. The number of aliphatic carboxylic acids is 1. The number of nitrogens with zero attached hydrogens (tertiary/aromatic N) is 2. The predicted molar refractivity (Wildman–Crippen MR) is 78.7 cm³/mol. The third-order valence-electron chi connectivity index (χ3n) is 2.93. The van der Waals surface area contributed by atoms with E-state index in [1.807, 2.05) is 6.20 Å². The van der Waals surface area contributed by atoms with Gasteiger partial charge in [0.15, 0.2) is 5.16 Å². The van der Waals surface area contributed by atoms with E-state index in [-0.39, 0.29) is 5.75 Å². The van der Waals surface area contributed by atoms with Gasteiger partial charge in [0, 0.05) is 18.4 Å². The van der Waals surface area contributed by atoms with Gasteiger partial charge in [-0.05, 0) is 24.7 Å². The zero-order chi connectivity index (χ0) is 14.4. The third-order valence-corrected chi connectivity index (χ3v) is 3.90. The Labute approximate surface area is 119 Å². The number of carbonyl (C=O) groups is 1. The number of aromatic nitrogens is 2. The van der Waals surface area contributed by atoms with Crippen LogP contribution in [0.3, 0.4) is 0 Å². The Morgan fingerprint density at radius 2 is 2.11 bits per heavy atom. The highest BCUT2D eigenvalue weighted by molar-refractivity contribution is 7.99. The Morgan fingerprint density at radius 1 is 1.42 bits per heavy atom. The first-order valence-electron chi connectivity index (χ1n) is 6.81. The van der Waals surface area contributed by atoms with E-state index in [0.717, 1.165) is 18.1 Å². The summed E-state index contributed by atoms with van der Waals surface area (Å²) in [5.74, 6) is 0.373. The molecule has 5 heteroatoms. The summed E-state index contributed by atoms with van der Waals surface area (Å²) in [5.41, 5.74) is 1.19. The summed E-state index contributed by atoms with van der Waals surface area (Å²) in [6.45, 7) is 9.64. The Balaban J connectivity index is 2.76. The van der Waals surface area contributed by atoms with Crippen molar-refractivity contribution in [3.8, 4) is 0 Å². The summed E-state index contributed by atoms with van der Waals surface area (Å²) >= 11 is 1.30. The summed E-state index contributed by atoms with van der Waals surface area (Å²) in [7, 11) is 0. The molecule has 0 bridgehead atoms. The molecule has 1 N–H and O–H groups in total. The molecule has 1 aromatic rings. The van der Waals surface area contributed by atoms with E-state index < -0.39 is 5.97 Å². The number of hydrogen-bond acceptors (Lipinski definition) is 3. The van der Waals surface area contributed by atoms with Crippen LogP contribution in [0.15, 0.2) is 11.4 Å². The highest BCUT2D eigenvalue weighted by atomic mass is 32.2. The second-order valence-corrected chi connectivity index (χ2v) is 6.43. The van der Waals surface area contributed by atoms with Crippen molar-refractivity contribution in [2.45, 2.75) is 58.2 Å². The molecule has 0 fully saturated rings. The molecule has 0 spiro atoms. The van der Waals surface area contributed by atoms with E-state index in [1.54, 1.807) is 0 Å². The van der Waals surface area contributed by atoms with E-state index >= 15 is 0 Å². The molecule has 0 aliphatic carbocycles. The van der Waals surface area contributed by atoms with Gasteiger partial charge in [-0.1, -0.05) is 39.5 Å². The molecule has 1 rings (SSSR count). The number of imidazole rings is 1. The molecule has 0 atom stereocenters. The monoisotopic (exact) mass is 284 g/mol. The van der Waals surface area contributed by atoms with Crippen LogP contribution in [-0.2, 0) is 11.3 Å². The first kappa shape index (κ1) is 16.1. The molecule has 0 saturated carbocycles. The van der Waals surface area contributed by atoms with E-state index in [9.17, 15) is 4.79 Å². The molecule has 0 unspecified atom stereocenters. The van der Waals surface area contributed by atoms with Gasteiger partial charge in [0.2, 0.25) is 0 Å². The van der Waals surface area contributed by atoms with E-state index in [1.165, 1.54) is 23.9 Å². The van der Waals surface area contributed by atoms with Crippen molar-refractivity contribution >= 4 is 17.7 Å². The lowest BCUT2D eigenvalue weighted by Gasteiger charge is -2.14. The van der Waals surface area contributed by atoms with Gasteiger partial charge >= 0.3 is 5.97 Å². The van der Waals surface area contributed by atoms with Gasteiger partial charge < -0.3 is 9.67 Å². The zero-order valence-corrected chi connectivity index (χ0v) is 13.0. The standard InChI is InChI=1S/C14H24N2O2S/c1-10(2)6-5-7-16-12(11(3)4)8-15-14(16)19-9-13(17)18/h8,10-11H,5-7,9H2,1-4H3,(H,17,18). The molecule has 19 heavy (non-hydrogen) atoms. The van der Waals surface area contributed by atoms with Crippen LogP contribution >= 0.6 is 11.8 Å². The fraction of sp³-hybridized carbons (Fsp3) is 0.714. The van der Waals surface area contributed by atoms with E-state index in [2.05, 4.69) is 37.2 Å². The highest BCUT2D eigenvalue weighted by Gasteiger charge is 2.14. The van der Waals surface area contributed by atoms with Crippen LogP contribution in [0, 0.1) is 5.92 Å². The van der Waals surface area contributed by atoms with Crippen LogP contribution in [0.5, 0.6) is 0 Å². The number of thioether (sulfide) groups is 1. The summed E-state index contributed by atoms with van der Waals surface area (Å²) in [6, 6.07) is 0. The highest BCUT2D eigenvalue weighted by Crippen LogP contribution is 2.24. The molecule has 1 aromatic heterocycles. The van der Waals surface area contributed by atoms with Crippen molar-refractivity contribution in [2.24, 2.45) is 5.92 Å². The average molecular weight is 284 g/mol. The van der Waals surface area contributed by atoms with Crippen LogP contribution in [0.4, 0.5) is 0 Å². The maximum atomic E-state index is 10.7. The van der Waals surface area contributed by atoms with Crippen LogP contribution in [-0.4, -0.2) is 26.4 Å². The van der Waals surface area contributed by atoms with Crippen molar-refractivity contribution in [2.75, 3.05) is 5.75 Å². The Kier molecular flexibility index (Phi) is 6.42. The maximum Gasteiger partial charge on any atom is 0.313 e. The van der Waals surface area contributed by atoms with Crippen molar-refractivity contribution < 1.29 is 9.90 Å². The maximum absolute atomic E-state index is 10.7. The van der Waals surface area contributed by atoms with Gasteiger partial charge in [0.05, 0.1) is 5.75 Å². The van der Waals surface area contributed by atoms with Crippen LogP contribution < -0.4 is 0 Å². The molecule has 108 valence electrons. The molecule has 4 nitrogen and oxygen atoms in total. The van der Waals surface area contributed by atoms with Crippen LogP contribution in [0.2, 0.25) is 0 Å². The van der Waals surface area contributed by atoms with Crippen molar-refractivity contribution in [1.29, 1.82) is 0 Å². The summed E-state index contributed by atoms with van der Waals surface area (Å²) in [5, 5.41) is 9.60. The molecule has 0 radical (unpaired) electrons. The van der Waals surface area contributed by atoms with Gasteiger partial charge in [0.1, 0.15) is 0 Å². The van der Waals surface area contributed by atoms with Crippen LogP contribution in [0.1, 0.15) is 52.1 Å². The van der Waals surface area contributed by atoms with Gasteiger partial charge in [-0.15, -0.1) is 0 Å². The molecular formula is C14H24N2O2S. The van der Waals surface area contributed by atoms with Crippen molar-refractivity contribution in [3.63, 3.8) is 0 Å². The van der Waals surface area contributed by atoms with E-state index in [4.69, 9.17) is 5.11 Å². The Morgan fingerprint density at radius 3 is 2.63 bits per heavy atom. The molecule has 1 heterocycles. The second-order valence-electron chi connectivity index (χ2n) is 5.49. The number of carboxylic acid groups (broad SMARTS) is 1. The lowest BCUT2D eigenvalue weighted by Crippen LogP contribution is -2.08. The number of carboxylic acids is 1. The quantitative estimate of drug-likeness (QED) is 0.741.